The number of hydrogen-bond acceptors (Lipinski definition) is 8. The lowest BCUT2D eigenvalue weighted by Gasteiger charge is -2.38. The fourth-order valence-electron chi connectivity index (χ4n) is 5.41. The standard InChI is InChI=1S/C18H28N4O5.C8H10.2CH2O/c1-21-8-12-6-7-13(22(12)14(23)9-21)17(25)20-15(16(24)18(26)27)10-2-4-11(19)5-3-10;1-2-8-6-4-3-5-7-8;2*1-2/h10-13,15H,2-9,19H2,1H3,(H,20,25)(H,26,27);3-7H,2H2,1H3;2*1H2. The van der Waals surface area contributed by atoms with Gasteiger partial charge in [-0.15, -0.1) is 0 Å². The molecule has 0 aromatic heterocycles. The molecule has 1 aliphatic carbocycles. The zero-order valence-electron chi connectivity index (χ0n) is 22.9. The van der Waals surface area contributed by atoms with Gasteiger partial charge in [0.2, 0.25) is 11.8 Å². The third kappa shape index (κ3) is 9.67. The number of likely N-dealkylation sites (N-methyl/N-ethyl adjacent to an activating group) is 1. The van der Waals surface area contributed by atoms with E-state index in [1.807, 2.05) is 31.6 Å². The molecule has 3 aliphatic rings. The van der Waals surface area contributed by atoms with E-state index in [1.54, 1.807) is 4.90 Å². The van der Waals surface area contributed by atoms with Gasteiger partial charge < -0.3 is 30.6 Å². The highest BCUT2D eigenvalue weighted by molar-refractivity contribution is 6.35. The van der Waals surface area contributed by atoms with Crippen LogP contribution >= 0.6 is 0 Å². The van der Waals surface area contributed by atoms with Gasteiger partial charge in [-0.2, -0.15) is 0 Å². The van der Waals surface area contributed by atoms with Gasteiger partial charge in [-0.1, -0.05) is 37.3 Å². The summed E-state index contributed by atoms with van der Waals surface area (Å²) in [4.78, 5) is 68.3. The Bertz CT molecular complexity index is 935. The van der Waals surface area contributed by atoms with E-state index in [-0.39, 0.29) is 30.5 Å². The van der Waals surface area contributed by atoms with E-state index in [2.05, 4.69) is 36.5 Å². The van der Waals surface area contributed by atoms with Gasteiger partial charge >= 0.3 is 5.97 Å². The first kappa shape index (κ1) is 33.6. The molecule has 3 fully saturated rings. The van der Waals surface area contributed by atoms with Crippen molar-refractivity contribution < 1.29 is 33.9 Å². The first-order valence-electron chi connectivity index (χ1n) is 13.2. The van der Waals surface area contributed by atoms with Crippen molar-refractivity contribution in [3.63, 3.8) is 0 Å². The van der Waals surface area contributed by atoms with Crippen molar-refractivity contribution in [2.45, 2.75) is 76.0 Å². The molecular weight excluding hydrogens is 504 g/mol. The van der Waals surface area contributed by atoms with E-state index in [1.165, 1.54) is 5.56 Å². The lowest BCUT2D eigenvalue weighted by atomic mass is 9.80. The van der Waals surface area contributed by atoms with Crippen LogP contribution in [0, 0.1) is 5.92 Å². The predicted molar refractivity (Wildman–Crippen MR) is 146 cm³/mol. The van der Waals surface area contributed by atoms with Crippen LogP contribution in [0.3, 0.4) is 0 Å². The molecule has 2 heterocycles. The summed E-state index contributed by atoms with van der Waals surface area (Å²) < 4.78 is 0. The Morgan fingerprint density at radius 3 is 2.13 bits per heavy atom. The minimum atomic E-state index is -1.55. The van der Waals surface area contributed by atoms with Gasteiger partial charge in [-0.05, 0) is 63.5 Å². The van der Waals surface area contributed by atoms with Crippen molar-refractivity contribution in [3.8, 4) is 0 Å². The molecule has 1 aromatic carbocycles. The zero-order valence-corrected chi connectivity index (χ0v) is 22.9. The highest BCUT2D eigenvalue weighted by atomic mass is 16.4. The van der Waals surface area contributed by atoms with Crippen LogP contribution < -0.4 is 11.1 Å². The fourth-order valence-corrected chi connectivity index (χ4v) is 5.41. The van der Waals surface area contributed by atoms with Crippen LogP contribution in [0.5, 0.6) is 0 Å². The molecule has 2 amide bonds. The number of aliphatic carboxylic acids is 1. The first-order valence-corrected chi connectivity index (χ1v) is 13.2. The maximum Gasteiger partial charge on any atom is 0.374 e. The van der Waals surface area contributed by atoms with E-state index in [9.17, 15) is 24.3 Å². The summed E-state index contributed by atoms with van der Waals surface area (Å²) >= 11 is 0. The monoisotopic (exact) mass is 546 g/mol. The Morgan fingerprint density at radius 1 is 1.03 bits per heavy atom. The summed E-state index contributed by atoms with van der Waals surface area (Å²) in [6.45, 7) is 7.14. The van der Waals surface area contributed by atoms with Gasteiger partial charge in [0.05, 0.1) is 6.54 Å². The molecule has 0 radical (unpaired) electrons. The minimum absolute atomic E-state index is 0.00620. The Balaban J connectivity index is 0.000000532. The maximum absolute atomic E-state index is 12.9. The summed E-state index contributed by atoms with van der Waals surface area (Å²) in [5.74, 6) is -3.31. The van der Waals surface area contributed by atoms with Gasteiger partial charge in [0, 0.05) is 18.6 Å². The molecule has 3 atom stereocenters. The summed E-state index contributed by atoms with van der Waals surface area (Å²) in [6.07, 6.45) is 5.00. The smallest absolute Gasteiger partial charge is 0.374 e. The topological polar surface area (TPSA) is 167 Å². The second-order valence-corrected chi connectivity index (χ2v) is 9.91. The van der Waals surface area contributed by atoms with Crippen molar-refractivity contribution in [2.24, 2.45) is 11.7 Å². The number of benzene rings is 1. The van der Waals surface area contributed by atoms with Crippen LogP contribution in [0.2, 0.25) is 0 Å². The molecule has 3 unspecified atom stereocenters. The molecule has 11 heteroatoms. The number of aryl methyl sites for hydroxylation is 1. The molecule has 11 nitrogen and oxygen atoms in total. The number of carbonyl (C=O) groups is 6. The Kier molecular flexibility index (Phi) is 14.8. The van der Waals surface area contributed by atoms with Crippen molar-refractivity contribution in [1.29, 1.82) is 0 Å². The summed E-state index contributed by atoms with van der Waals surface area (Å²) in [5.41, 5.74) is 7.31. The number of carboxylic acid groups (broad SMARTS) is 1. The second kappa shape index (κ2) is 17.2. The van der Waals surface area contributed by atoms with E-state index in [0.29, 0.717) is 38.6 Å². The number of piperazine rings is 1. The van der Waals surface area contributed by atoms with E-state index in [4.69, 9.17) is 15.3 Å². The van der Waals surface area contributed by atoms with E-state index >= 15 is 0 Å². The van der Waals surface area contributed by atoms with Gasteiger partial charge in [0.25, 0.3) is 5.78 Å². The molecule has 0 bridgehead atoms. The van der Waals surface area contributed by atoms with Gasteiger partial charge in [0.15, 0.2) is 0 Å². The van der Waals surface area contributed by atoms with E-state index < -0.39 is 29.7 Å². The van der Waals surface area contributed by atoms with Gasteiger partial charge in [0.1, 0.15) is 25.7 Å². The number of hydrogen-bond donors (Lipinski definition) is 3. The Morgan fingerprint density at radius 2 is 1.62 bits per heavy atom. The molecule has 1 saturated carbocycles. The molecule has 0 spiro atoms. The van der Waals surface area contributed by atoms with Crippen LogP contribution in [0.25, 0.3) is 0 Å². The number of nitrogens with one attached hydrogen (secondary N) is 1. The number of Topliss-reactive ketones (excluding diaryl/α,β-unsaturated/α-hetero) is 1. The maximum atomic E-state index is 12.9. The highest BCUT2D eigenvalue weighted by Gasteiger charge is 2.45. The average Bonchev–Trinajstić information content (AvgIpc) is 3.39. The number of ketones is 1. The van der Waals surface area contributed by atoms with Crippen LogP contribution in [0.4, 0.5) is 0 Å². The molecule has 1 aromatic rings. The number of amides is 2. The molecule has 2 aliphatic heterocycles. The Hall–Kier alpha value is -3.44. The molecule has 4 rings (SSSR count). The van der Waals surface area contributed by atoms with Gasteiger partial charge in [-0.25, -0.2) is 4.79 Å². The average molecular weight is 547 g/mol. The van der Waals surface area contributed by atoms with Crippen LogP contribution in [0.15, 0.2) is 30.3 Å². The van der Waals surface area contributed by atoms with Crippen molar-refractivity contribution >= 4 is 37.1 Å². The number of rotatable bonds is 6. The lowest BCUT2D eigenvalue weighted by molar-refractivity contribution is -0.152. The number of nitrogens with two attached hydrogens (primary N) is 1. The third-order valence-electron chi connectivity index (χ3n) is 7.35. The molecule has 39 heavy (non-hydrogen) atoms. The van der Waals surface area contributed by atoms with Crippen LogP contribution in [-0.4, -0.2) is 96.4 Å². The quantitative estimate of drug-likeness (QED) is 0.438. The summed E-state index contributed by atoms with van der Waals surface area (Å²) in [7, 11) is 1.87. The first-order chi connectivity index (χ1) is 18.7. The van der Waals surface area contributed by atoms with Crippen molar-refractivity contribution in [1.82, 2.24) is 15.1 Å². The number of carboxylic acids is 1. The second-order valence-electron chi connectivity index (χ2n) is 9.91. The molecular formula is C28H42N4O7. The molecule has 216 valence electrons. The Labute approximate surface area is 230 Å². The zero-order chi connectivity index (χ0) is 29.5. The number of fused-ring (bicyclic) bond motifs is 1. The summed E-state index contributed by atoms with van der Waals surface area (Å²) in [5, 5.41) is 11.8. The lowest BCUT2D eigenvalue weighted by Crippen LogP contribution is -2.60. The van der Waals surface area contributed by atoms with Crippen molar-refractivity contribution in [2.75, 3.05) is 20.1 Å². The number of nitrogens with zero attached hydrogens (tertiary/aromatic N) is 2. The minimum Gasteiger partial charge on any atom is -0.475 e. The SMILES string of the molecule is C=O.C=O.CCc1ccccc1.CN1CC(=O)N2C(CCC2C(=O)NC(C(=O)C(=O)O)C2CCC(N)CC2)C1. The van der Waals surface area contributed by atoms with Crippen molar-refractivity contribution in [3.05, 3.63) is 35.9 Å². The highest BCUT2D eigenvalue weighted by Crippen LogP contribution is 2.30. The third-order valence-corrected chi connectivity index (χ3v) is 7.35. The van der Waals surface area contributed by atoms with Crippen LogP contribution in [0.1, 0.15) is 51.0 Å². The van der Waals surface area contributed by atoms with E-state index in [0.717, 1.165) is 12.8 Å². The normalized spacial score (nSPS) is 24.7. The van der Waals surface area contributed by atoms with Crippen LogP contribution in [-0.2, 0) is 35.2 Å². The molecule has 2 saturated heterocycles. The summed E-state index contributed by atoms with van der Waals surface area (Å²) in [6, 6.07) is 8.80. The predicted octanol–water partition coefficient (Wildman–Crippen LogP) is 0.827. The van der Waals surface area contributed by atoms with Gasteiger partial charge in [-0.3, -0.25) is 19.3 Å². The fraction of sp³-hybridized carbons (Fsp3) is 0.571. The number of carbonyl (C=O) groups excluding carboxylic acids is 5. The largest absolute Gasteiger partial charge is 0.475 e. The molecule has 4 N–H and O–H groups in total.